The maximum atomic E-state index is 15.0. The average Bonchev–Trinajstić information content (AvgIpc) is 3.71. The molecule has 0 aromatic heterocycles. The van der Waals surface area contributed by atoms with Crippen LogP contribution in [0.5, 0.6) is 5.75 Å². The van der Waals surface area contributed by atoms with E-state index in [2.05, 4.69) is 0 Å². The van der Waals surface area contributed by atoms with E-state index in [1.165, 1.54) is 24.1 Å². The van der Waals surface area contributed by atoms with Gasteiger partial charge in [-0.3, -0.25) is 4.79 Å². The van der Waals surface area contributed by atoms with Gasteiger partial charge < -0.3 is 14.7 Å². The number of hydrogen-bond acceptors (Lipinski definition) is 3. The predicted octanol–water partition coefficient (Wildman–Crippen LogP) is 8.63. The van der Waals surface area contributed by atoms with Crippen molar-refractivity contribution in [2.75, 3.05) is 18.6 Å². The molecule has 1 N–H and O–H groups in total. The van der Waals surface area contributed by atoms with Crippen molar-refractivity contribution in [3.8, 4) is 16.9 Å². The molecule has 4 rings (SSSR count). The van der Waals surface area contributed by atoms with Crippen molar-refractivity contribution in [2.24, 2.45) is 11.3 Å². The fraction of sp³-hybridized carbons (Fsp3) is 0.424. The molecule has 220 valence electrons. The molecule has 0 heterocycles. The molecule has 3 aromatic carbocycles. The summed E-state index contributed by atoms with van der Waals surface area (Å²) in [5, 5.41) is 9.41. The number of hydrogen-bond donors (Lipinski definition) is 1. The lowest BCUT2D eigenvalue weighted by molar-refractivity contribution is -0.137. The highest BCUT2D eigenvalue weighted by atomic mass is 19.4. The van der Waals surface area contributed by atoms with Gasteiger partial charge in [0.25, 0.3) is 0 Å². The molecule has 1 atom stereocenters. The Kier molecular flexibility index (Phi) is 9.00. The van der Waals surface area contributed by atoms with E-state index in [1.807, 2.05) is 32.9 Å². The number of nitrogens with zero attached hydrogens (tertiary/aromatic N) is 1. The molecule has 3 aromatic rings. The van der Waals surface area contributed by atoms with Gasteiger partial charge in [0.1, 0.15) is 18.1 Å². The number of methoxy groups -OCH3 is 1. The lowest BCUT2D eigenvalue weighted by atomic mass is 9.84. The Morgan fingerprint density at radius 2 is 1.76 bits per heavy atom. The SMILES string of the molecule is COc1ccc(F)c(-c2ccc(N(Cc3cccc(C(CC(=O)O)C4CC4)c3)CC(F)(F)F)cc2CC(C)(C)C)c1. The van der Waals surface area contributed by atoms with Crippen LogP contribution in [-0.2, 0) is 17.8 Å². The fourth-order valence-corrected chi connectivity index (χ4v) is 5.44. The summed E-state index contributed by atoms with van der Waals surface area (Å²) in [5.41, 5.74) is 3.35. The van der Waals surface area contributed by atoms with Gasteiger partial charge in [-0.05, 0) is 89.1 Å². The zero-order valence-corrected chi connectivity index (χ0v) is 23.9. The number of benzene rings is 3. The molecule has 4 nitrogen and oxygen atoms in total. The molecular formula is C33H37F4NO3. The van der Waals surface area contributed by atoms with Crippen molar-refractivity contribution >= 4 is 11.7 Å². The van der Waals surface area contributed by atoms with E-state index in [4.69, 9.17) is 4.74 Å². The minimum Gasteiger partial charge on any atom is -0.497 e. The standard InChI is InChI=1S/C33H37F4NO3/c1-32(2,3)18-24-15-25(10-12-27(24)29-16-26(41-4)11-13-30(29)34)38(20-33(35,36)37)19-21-6-5-7-23(14-21)28(17-31(39)40)22-8-9-22/h5-7,10-16,22,28H,8-9,17-20H2,1-4H3,(H,39,40). The van der Waals surface area contributed by atoms with Crippen LogP contribution in [0.2, 0.25) is 0 Å². The van der Waals surface area contributed by atoms with Crippen LogP contribution in [0.15, 0.2) is 60.7 Å². The summed E-state index contributed by atoms with van der Waals surface area (Å²) in [4.78, 5) is 12.8. The summed E-state index contributed by atoms with van der Waals surface area (Å²) >= 11 is 0. The Morgan fingerprint density at radius 1 is 1.02 bits per heavy atom. The summed E-state index contributed by atoms with van der Waals surface area (Å²) in [5.74, 6) is -0.705. The van der Waals surface area contributed by atoms with Gasteiger partial charge in [0.2, 0.25) is 0 Å². The Hall–Kier alpha value is -3.55. The van der Waals surface area contributed by atoms with Crippen LogP contribution in [-0.4, -0.2) is 30.9 Å². The first-order valence-corrected chi connectivity index (χ1v) is 13.8. The highest BCUT2D eigenvalue weighted by molar-refractivity contribution is 5.72. The predicted molar refractivity (Wildman–Crippen MR) is 153 cm³/mol. The zero-order chi connectivity index (χ0) is 29.9. The number of anilines is 1. The molecule has 1 saturated carbocycles. The number of carbonyl (C=O) groups is 1. The second kappa shape index (κ2) is 12.1. The molecule has 1 fully saturated rings. The molecule has 0 radical (unpaired) electrons. The minimum atomic E-state index is -4.46. The maximum absolute atomic E-state index is 15.0. The van der Waals surface area contributed by atoms with Crippen molar-refractivity contribution in [1.82, 2.24) is 0 Å². The molecule has 0 spiro atoms. The number of aliphatic carboxylic acids is 1. The van der Waals surface area contributed by atoms with E-state index >= 15 is 0 Å². The fourth-order valence-electron chi connectivity index (χ4n) is 5.44. The third-order valence-corrected chi connectivity index (χ3v) is 7.35. The topological polar surface area (TPSA) is 49.8 Å². The third kappa shape index (κ3) is 8.47. The minimum absolute atomic E-state index is 0.00115. The first kappa shape index (κ1) is 30.4. The van der Waals surface area contributed by atoms with E-state index in [1.54, 1.807) is 36.4 Å². The molecule has 1 aliphatic carbocycles. The molecule has 0 bridgehead atoms. The smallest absolute Gasteiger partial charge is 0.405 e. The largest absolute Gasteiger partial charge is 0.497 e. The summed E-state index contributed by atoms with van der Waals surface area (Å²) in [7, 11) is 1.49. The molecule has 0 aliphatic heterocycles. The van der Waals surface area contributed by atoms with E-state index in [-0.39, 0.29) is 30.2 Å². The summed E-state index contributed by atoms with van der Waals surface area (Å²) in [6.07, 6.45) is -2.03. The maximum Gasteiger partial charge on any atom is 0.405 e. The van der Waals surface area contributed by atoms with Gasteiger partial charge in [-0.1, -0.05) is 51.1 Å². The van der Waals surface area contributed by atoms with Gasteiger partial charge in [-0.2, -0.15) is 13.2 Å². The molecule has 1 unspecified atom stereocenters. The van der Waals surface area contributed by atoms with Crippen molar-refractivity contribution in [3.63, 3.8) is 0 Å². The highest BCUT2D eigenvalue weighted by Gasteiger charge is 2.34. The lowest BCUT2D eigenvalue weighted by Gasteiger charge is -2.29. The summed E-state index contributed by atoms with van der Waals surface area (Å²) < 4.78 is 61.8. The molecular weight excluding hydrogens is 534 g/mol. The third-order valence-electron chi connectivity index (χ3n) is 7.35. The average molecular weight is 572 g/mol. The first-order chi connectivity index (χ1) is 19.2. The van der Waals surface area contributed by atoms with Gasteiger partial charge in [-0.25, -0.2) is 4.39 Å². The molecule has 41 heavy (non-hydrogen) atoms. The number of carboxylic acid groups (broad SMARTS) is 1. The number of ether oxygens (including phenoxy) is 1. The van der Waals surface area contributed by atoms with E-state index in [9.17, 15) is 27.5 Å². The van der Waals surface area contributed by atoms with Crippen LogP contribution in [0.3, 0.4) is 0 Å². The summed E-state index contributed by atoms with van der Waals surface area (Å²) in [6.45, 7) is 4.90. The second-order valence-electron chi connectivity index (χ2n) is 12.2. The highest BCUT2D eigenvalue weighted by Crippen LogP contribution is 2.45. The van der Waals surface area contributed by atoms with Gasteiger partial charge in [0.15, 0.2) is 0 Å². The van der Waals surface area contributed by atoms with Crippen LogP contribution in [0.25, 0.3) is 11.1 Å². The molecule has 0 saturated heterocycles. The van der Waals surface area contributed by atoms with Gasteiger partial charge in [0.05, 0.1) is 13.5 Å². The second-order valence-corrected chi connectivity index (χ2v) is 12.2. The van der Waals surface area contributed by atoms with Crippen molar-refractivity contribution in [1.29, 1.82) is 0 Å². The Morgan fingerprint density at radius 3 is 2.37 bits per heavy atom. The van der Waals surface area contributed by atoms with Gasteiger partial charge >= 0.3 is 12.1 Å². The van der Waals surface area contributed by atoms with Crippen LogP contribution in [0, 0.1) is 17.2 Å². The number of halogens is 4. The van der Waals surface area contributed by atoms with Crippen LogP contribution in [0.1, 0.15) is 62.6 Å². The van der Waals surface area contributed by atoms with E-state index < -0.39 is 24.5 Å². The van der Waals surface area contributed by atoms with Crippen molar-refractivity contribution < 1.29 is 32.2 Å². The van der Waals surface area contributed by atoms with Crippen LogP contribution < -0.4 is 9.64 Å². The zero-order valence-electron chi connectivity index (χ0n) is 23.9. The van der Waals surface area contributed by atoms with Gasteiger partial charge in [-0.15, -0.1) is 0 Å². The van der Waals surface area contributed by atoms with Gasteiger partial charge in [0, 0.05) is 17.8 Å². The number of alkyl halides is 3. The van der Waals surface area contributed by atoms with E-state index in [0.717, 1.165) is 24.0 Å². The quantitative estimate of drug-likeness (QED) is 0.234. The number of carboxylic acids is 1. The molecule has 8 heteroatoms. The molecule has 0 amide bonds. The Labute approximate surface area is 239 Å². The lowest BCUT2D eigenvalue weighted by Crippen LogP contribution is -2.34. The van der Waals surface area contributed by atoms with Crippen LogP contribution >= 0.6 is 0 Å². The van der Waals surface area contributed by atoms with Crippen LogP contribution in [0.4, 0.5) is 23.2 Å². The Bertz CT molecular complexity index is 1380. The van der Waals surface area contributed by atoms with E-state index in [0.29, 0.717) is 34.5 Å². The number of rotatable bonds is 11. The molecule has 1 aliphatic rings. The first-order valence-electron chi connectivity index (χ1n) is 13.8. The monoisotopic (exact) mass is 571 g/mol. The van der Waals surface area contributed by atoms with Crippen molar-refractivity contribution in [3.05, 3.63) is 83.2 Å². The van der Waals surface area contributed by atoms with Crippen molar-refractivity contribution in [2.45, 2.75) is 65.1 Å². The Balaban J connectivity index is 1.74. The normalized spacial score (nSPS) is 14.5. The summed E-state index contributed by atoms with van der Waals surface area (Å²) in [6, 6.07) is 16.7.